The lowest BCUT2D eigenvalue weighted by Crippen LogP contribution is -2.40. The average molecular weight is 466 g/mol. The van der Waals surface area contributed by atoms with E-state index in [2.05, 4.69) is 63.1 Å². The van der Waals surface area contributed by atoms with E-state index in [0.29, 0.717) is 5.92 Å². The molecule has 0 aliphatic heterocycles. The van der Waals surface area contributed by atoms with E-state index in [1.807, 2.05) is 23.1 Å². The van der Waals surface area contributed by atoms with Gasteiger partial charge < -0.3 is 15.6 Å². The second kappa shape index (κ2) is 10.2. The van der Waals surface area contributed by atoms with E-state index < -0.39 is 0 Å². The Bertz CT molecular complexity index is 808. The molecule has 0 saturated heterocycles. The number of guanidine groups is 1. The Morgan fingerprint density at radius 1 is 1.27 bits per heavy atom. The number of nitrogens with one attached hydrogen (secondary N) is 3. The summed E-state index contributed by atoms with van der Waals surface area (Å²) in [6, 6.07) is 10.3. The van der Waals surface area contributed by atoms with Crippen LogP contribution in [0.1, 0.15) is 12.5 Å². The summed E-state index contributed by atoms with van der Waals surface area (Å²) in [5, 5.41) is 12.3. The van der Waals surface area contributed by atoms with Gasteiger partial charge in [0.2, 0.25) is 0 Å². The summed E-state index contributed by atoms with van der Waals surface area (Å²) in [4.78, 5) is 7.62. The maximum absolute atomic E-state index is 4.30. The Hall–Kier alpha value is -2.03. The van der Waals surface area contributed by atoms with E-state index in [4.69, 9.17) is 0 Å². The third kappa shape index (κ3) is 5.48. The molecule has 0 saturated carbocycles. The highest BCUT2D eigenvalue weighted by Gasteiger charge is 2.06. The molecule has 0 amide bonds. The standard InChI is InChI=1S/C19H26N6.HI/c1-15(14-25-11-5-9-24-25)12-23-19(20-2)21-10-8-16-13-22-18-7-4-3-6-17(16)18;/h3-7,9,11,13,15,22H,8,10,12,14H2,1-2H3,(H2,20,21,23);1H. The van der Waals surface area contributed by atoms with E-state index in [-0.39, 0.29) is 24.0 Å². The molecule has 26 heavy (non-hydrogen) atoms. The molecule has 0 radical (unpaired) electrons. The highest BCUT2D eigenvalue weighted by Crippen LogP contribution is 2.17. The summed E-state index contributed by atoms with van der Waals surface area (Å²) in [5.41, 5.74) is 2.51. The Balaban J connectivity index is 0.00000243. The van der Waals surface area contributed by atoms with Crippen LogP contribution in [0.3, 0.4) is 0 Å². The number of halogens is 1. The predicted octanol–water partition coefficient (Wildman–Crippen LogP) is 3.03. The normalized spacial score (nSPS) is 12.6. The third-order valence-electron chi connectivity index (χ3n) is 4.26. The number of aliphatic imine (C=N–C) groups is 1. The Morgan fingerprint density at radius 3 is 2.88 bits per heavy atom. The third-order valence-corrected chi connectivity index (χ3v) is 4.26. The molecule has 0 fully saturated rings. The first-order valence-electron chi connectivity index (χ1n) is 8.73. The molecule has 3 N–H and O–H groups in total. The van der Waals surface area contributed by atoms with Crippen molar-refractivity contribution in [1.29, 1.82) is 0 Å². The SMILES string of the molecule is CN=C(NCCc1c[nH]c2ccccc12)NCC(C)Cn1cccn1.I. The van der Waals surface area contributed by atoms with Crippen molar-refractivity contribution < 1.29 is 0 Å². The van der Waals surface area contributed by atoms with Crippen LogP contribution in [0.2, 0.25) is 0 Å². The van der Waals surface area contributed by atoms with Crippen molar-refractivity contribution in [2.45, 2.75) is 19.9 Å². The molecule has 1 atom stereocenters. The first-order valence-corrected chi connectivity index (χ1v) is 8.73. The van der Waals surface area contributed by atoms with Crippen molar-refractivity contribution in [3.63, 3.8) is 0 Å². The molecular formula is C19H27IN6. The van der Waals surface area contributed by atoms with Crippen molar-refractivity contribution in [2.75, 3.05) is 20.1 Å². The lowest BCUT2D eigenvalue weighted by atomic mass is 10.1. The van der Waals surface area contributed by atoms with Crippen LogP contribution in [0.4, 0.5) is 0 Å². The molecule has 0 spiro atoms. The van der Waals surface area contributed by atoms with E-state index >= 15 is 0 Å². The number of rotatable bonds is 7. The van der Waals surface area contributed by atoms with Gasteiger partial charge in [0.05, 0.1) is 0 Å². The van der Waals surface area contributed by atoms with E-state index in [1.54, 1.807) is 7.05 Å². The second-order valence-corrected chi connectivity index (χ2v) is 6.32. The predicted molar refractivity (Wildman–Crippen MR) is 118 cm³/mol. The fourth-order valence-electron chi connectivity index (χ4n) is 2.94. The van der Waals surface area contributed by atoms with Crippen LogP contribution in [-0.4, -0.2) is 40.9 Å². The number of nitrogens with zero attached hydrogens (tertiary/aromatic N) is 3. The topological polar surface area (TPSA) is 70.0 Å². The quantitative estimate of drug-likeness (QED) is 0.285. The number of fused-ring (bicyclic) bond motifs is 1. The maximum atomic E-state index is 4.30. The minimum Gasteiger partial charge on any atom is -0.361 e. The summed E-state index contributed by atoms with van der Waals surface area (Å²) in [6.07, 6.45) is 6.85. The summed E-state index contributed by atoms with van der Waals surface area (Å²) < 4.78 is 1.96. The Kier molecular flexibility index (Phi) is 7.96. The van der Waals surface area contributed by atoms with Crippen molar-refractivity contribution in [3.8, 4) is 0 Å². The zero-order chi connectivity index (χ0) is 17.5. The maximum Gasteiger partial charge on any atom is 0.190 e. The van der Waals surface area contributed by atoms with Gasteiger partial charge in [0.15, 0.2) is 5.96 Å². The van der Waals surface area contributed by atoms with Gasteiger partial charge in [0.25, 0.3) is 0 Å². The lowest BCUT2D eigenvalue weighted by molar-refractivity contribution is 0.443. The Labute approximate surface area is 171 Å². The van der Waals surface area contributed by atoms with Gasteiger partial charge in [0.1, 0.15) is 0 Å². The molecule has 140 valence electrons. The summed E-state index contributed by atoms with van der Waals surface area (Å²) in [7, 11) is 1.80. The molecule has 1 unspecified atom stereocenters. The summed E-state index contributed by atoms with van der Waals surface area (Å²) in [6.45, 7) is 4.79. The minimum atomic E-state index is 0. The molecule has 0 aliphatic carbocycles. The van der Waals surface area contributed by atoms with Crippen LogP contribution < -0.4 is 10.6 Å². The van der Waals surface area contributed by atoms with Crippen LogP contribution in [0.15, 0.2) is 53.9 Å². The van der Waals surface area contributed by atoms with Gasteiger partial charge in [0, 0.05) is 56.2 Å². The summed E-state index contributed by atoms with van der Waals surface area (Å²) >= 11 is 0. The van der Waals surface area contributed by atoms with Gasteiger partial charge >= 0.3 is 0 Å². The zero-order valence-corrected chi connectivity index (χ0v) is 17.6. The van der Waals surface area contributed by atoms with E-state index in [1.165, 1.54) is 16.5 Å². The zero-order valence-electron chi connectivity index (χ0n) is 15.3. The van der Waals surface area contributed by atoms with Gasteiger partial charge in [-0.3, -0.25) is 9.67 Å². The van der Waals surface area contributed by atoms with Gasteiger partial charge in [-0.15, -0.1) is 24.0 Å². The van der Waals surface area contributed by atoms with Crippen molar-refractivity contribution in [2.24, 2.45) is 10.9 Å². The molecule has 3 rings (SSSR count). The molecule has 1 aromatic carbocycles. The lowest BCUT2D eigenvalue weighted by Gasteiger charge is -2.16. The molecule has 7 heteroatoms. The Morgan fingerprint density at radius 2 is 2.12 bits per heavy atom. The number of aromatic nitrogens is 3. The smallest absolute Gasteiger partial charge is 0.190 e. The molecule has 0 bridgehead atoms. The molecule has 2 heterocycles. The van der Waals surface area contributed by atoms with Crippen LogP contribution in [0, 0.1) is 5.92 Å². The van der Waals surface area contributed by atoms with Crippen molar-refractivity contribution in [3.05, 3.63) is 54.5 Å². The van der Waals surface area contributed by atoms with Gasteiger partial charge in [-0.25, -0.2) is 0 Å². The monoisotopic (exact) mass is 466 g/mol. The molecule has 6 nitrogen and oxygen atoms in total. The number of para-hydroxylation sites is 1. The molecule has 0 aliphatic rings. The fraction of sp³-hybridized carbons (Fsp3) is 0.368. The first-order chi connectivity index (χ1) is 12.3. The van der Waals surface area contributed by atoms with E-state index in [0.717, 1.165) is 32.0 Å². The molecular weight excluding hydrogens is 439 g/mol. The van der Waals surface area contributed by atoms with Gasteiger partial charge in [-0.05, 0) is 30.0 Å². The number of aromatic amines is 1. The van der Waals surface area contributed by atoms with Gasteiger partial charge in [-0.1, -0.05) is 25.1 Å². The van der Waals surface area contributed by atoms with Gasteiger partial charge in [-0.2, -0.15) is 5.10 Å². The number of benzene rings is 1. The van der Waals surface area contributed by atoms with Crippen molar-refractivity contribution in [1.82, 2.24) is 25.4 Å². The highest BCUT2D eigenvalue weighted by molar-refractivity contribution is 14.0. The van der Waals surface area contributed by atoms with Crippen LogP contribution in [0.25, 0.3) is 10.9 Å². The number of hydrogen-bond donors (Lipinski definition) is 3. The number of H-pyrrole nitrogens is 1. The largest absolute Gasteiger partial charge is 0.361 e. The summed E-state index contributed by atoms with van der Waals surface area (Å²) in [5.74, 6) is 1.30. The first kappa shape index (κ1) is 20.3. The van der Waals surface area contributed by atoms with Crippen LogP contribution in [0.5, 0.6) is 0 Å². The number of hydrogen-bond acceptors (Lipinski definition) is 2. The molecule has 2 aromatic heterocycles. The van der Waals surface area contributed by atoms with E-state index in [9.17, 15) is 0 Å². The van der Waals surface area contributed by atoms with Crippen LogP contribution in [-0.2, 0) is 13.0 Å². The molecule has 3 aromatic rings. The van der Waals surface area contributed by atoms with Crippen LogP contribution >= 0.6 is 24.0 Å². The average Bonchev–Trinajstić information content (AvgIpc) is 3.28. The van der Waals surface area contributed by atoms with Crippen molar-refractivity contribution >= 4 is 40.8 Å². The fourth-order valence-corrected chi connectivity index (χ4v) is 2.94. The highest BCUT2D eigenvalue weighted by atomic mass is 127. The second-order valence-electron chi connectivity index (χ2n) is 6.32. The minimum absolute atomic E-state index is 0.